The molecule has 1 atom stereocenters. The molecular formula is C18H27N3O3S. The van der Waals surface area contributed by atoms with Crippen LogP contribution < -0.4 is 0 Å². The smallest absolute Gasteiger partial charge is 0.243 e. The fourth-order valence-corrected chi connectivity index (χ4v) is 5.33. The number of rotatable bonds is 4. The Labute approximate surface area is 150 Å². The summed E-state index contributed by atoms with van der Waals surface area (Å²) < 4.78 is 27.5. The number of hydrogen-bond acceptors (Lipinski definition) is 4. The molecule has 2 fully saturated rings. The van der Waals surface area contributed by atoms with E-state index in [4.69, 9.17) is 0 Å². The van der Waals surface area contributed by atoms with E-state index in [0.29, 0.717) is 26.1 Å². The molecule has 0 aliphatic carbocycles. The van der Waals surface area contributed by atoms with Gasteiger partial charge in [0.2, 0.25) is 15.9 Å². The molecule has 7 heteroatoms. The summed E-state index contributed by atoms with van der Waals surface area (Å²) in [6, 6.07) is 7.88. The van der Waals surface area contributed by atoms with Crippen LogP contribution in [-0.2, 0) is 14.8 Å². The first-order chi connectivity index (χ1) is 12.0. The van der Waals surface area contributed by atoms with Crippen molar-refractivity contribution in [3.63, 3.8) is 0 Å². The zero-order valence-corrected chi connectivity index (χ0v) is 15.6. The van der Waals surface area contributed by atoms with Crippen LogP contribution in [0, 0.1) is 0 Å². The lowest BCUT2D eigenvalue weighted by molar-refractivity contribution is -0.138. The molecule has 0 bridgehead atoms. The van der Waals surface area contributed by atoms with Gasteiger partial charge in [-0.15, -0.1) is 0 Å². The van der Waals surface area contributed by atoms with Crippen LogP contribution in [0.1, 0.15) is 26.2 Å². The van der Waals surface area contributed by atoms with Crippen molar-refractivity contribution in [3.05, 3.63) is 30.3 Å². The Morgan fingerprint density at radius 1 is 1.04 bits per heavy atom. The second-order valence-electron chi connectivity index (χ2n) is 6.70. The van der Waals surface area contributed by atoms with Gasteiger partial charge in [0.15, 0.2) is 0 Å². The summed E-state index contributed by atoms with van der Waals surface area (Å²) in [5.41, 5.74) is 0. The van der Waals surface area contributed by atoms with E-state index in [1.165, 1.54) is 4.31 Å². The molecule has 1 aromatic rings. The van der Waals surface area contributed by atoms with E-state index in [9.17, 15) is 13.2 Å². The molecule has 3 rings (SSSR count). The van der Waals surface area contributed by atoms with Crippen LogP contribution in [-0.4, -0.2) is 73.7 Å². The fourth-order valence-electron chi connectivity index (χ4n) is 3.66. The van der Waals surface area contributed by atoms with Crippen molar-refractivity contribution in [2.24, 2.45) is 0 Å². The minimum absolute atomic E-state index is 0.0324. The number of carbonyl (C=O) groups excluding carboxylic acids is 1. The average molecular weight is 365 g/mol. The van der Waals surface area contributed by atoms with Gasteiger partial charge in [0.1, 0.15) is 6.04 Å². The van der Waals surface area contributed by atoms with Crippen molar-refractivity contribution in [2.75, 3.05) is 39.3 Å². The highest BCUT2D eigenvalue weighted by Gasteiger charge is 2.39. The second-order valence-corrected chi connectivity index (χ2v) is 8.59. The van der Waals surface area contributed by atoms with Crippen LogP contribution in [0.2, 0.25) is 0 Å². The number of sulfonamides is 1. The molecule has 6 nitrogen and oxygen atoms in total. The maximum Gasteiger partial charge on any atom is 0.243 e. The molecule has 0 radical (unpaired) electrons. The van der Waals surface area contributed by atoms with Crippen molar-refractivity contribution >= 4 is 15.9 Å². The molecule has 1 unspecified atom stereocenters. The van der Waals surface area contributed by atoms with E-state index in [1.807, 2.05) is 4.90 Å². The maximum atomic E-state index is 13.0. The number of hydrogen-bond donors (Lipinski definition) is 0. The molecule has 1 aromatic carbocycles. The first kappa shape index (κ1) is 18.4. The van der Waals surface area contributed by atoms with E-state index in [1.54, 1.807) is 30.3 Å². The normalized spacial score (nSPS) is 23.6. The molecule has 1 amide bonds. The topological polar surface area (TPSA) is 60.9 Å². The van der Waals surface area contributed by atoms with Gasteiger partial charge < -0.3 is 9.80 Å². The number of piperazine rings is 1. The lowest BCUT2D eigenvalue weighted by Gasteiger charge is -2.40. The molecular weight excluding hydrogens is 338 g/mol. The van der Waals surface area contributed by atoms with Crippen molar-refractivity contribution in [1.82, 2.24) is 14.1 Å². The third-order valence-electron chi connectivity index (χ3n) is 5.22. The van der Waals surface area contributed by atoms with Crippen LogP contribution in [0.3, 0.4) is 0 Å². The summed E-state index contributed by atoms with van der Waals surface area (Å²) in [7, 11) is -3.63. The molecule has 0 aromatic heterocycles. The largest absolute Gasteiger partial charge is 0.339 e. The molecule has 2 heterocycles. The highest BCUT2D eigenvalue weighted by Crippen LogP contribution is 2.26. The Hall–Kier alpha value is -1.44. The van der Waals surface area contributed by atoms with Crippen LogP contribution in [0.25, 0.3) is 0 Å². The van der Waals surface area contributed by atoms with Gasteiger partial charge in [0.05, 0.1) is 4.90 Å². The number of benzene rings is 1. The highest BCUT2D eigenvalue weighted by molar-refractivity contribution is 7.89. The zero-order chi connectivity index (χ0) is 17.9. The number of piperidine rings is 1. The third kappa shape index (κ3) is 3.88. The van der Waals surface area contributed by atoms with E-state index < -0.39 is 16.1 Å². The van der Waals surface area contributed by atoms with Gasteiger partial charge >= 0.3 is 0 Å². The summed E-state index contributed by atoms with van der Waals surface area (Å²) >= 11 is 0. The van der Waals surface area contributed by atoms with Crippen LogP contribution >= 0.6 is 0 Å². The van der Waals surface area contributed by atoms with E-state index >= 15 is 0 Å². The van der Waals surface area contributed by atoms with E-state index in [2.05, 4.69) is 11.8 Å². The average Bonchev–Trinajstić information content (AvgIpc) is 2.68. The Kier molecular flexibility index (Phi) is 5.76. The molecule has 2 aliphatic heterocycles. The number of carbonyl (C=O) groups is 1. The maximum absolute atomic E-state index is 13.0. The molecule has 25 heavy (non-hydrogen) atoms. The van der Waals surface area contributed by atoms with Gasteiger partial charge in [-0.25, -0.2) is 8.42 Å². The number of amides is 1. The van der Waals surface area contributed by atoms with Crippen molar-refractivity contribution in [2.45, 2.75) is 37.1 Å². The first-order valence-corrected chi connectivity index (χ1v) is 10.6. The second kappa shape index (κ2) is 7.85. The van der Waals surface area contributed by atoms with Crippen molar-refractivity contribution in [3.8, 4) is 0 Å². The molecule has 0 spiro atoms. The number of likely N-dealkylation sites (N-methyl/N-ethyl adjacent to an activating group) is 1. The van der Waals surface area contributed by atoms with Crippen molar-refractivity contribution < 1.29 is 13.2 Å². The summed E-state index contributed by atoms with van der Waals surface area (Å²) in [5.74, 6) is -0.0324. The molecule has 2 saturated heterocycles. The quantitative estimate of drug-likeness (QED) is 0.809. The van der Waals surface area contributed by atoms with Gasteiger partial charge in [0.25, 0.3) is 0 Å². The van der Waals surface area contributed by atoms with Crippen LogP contribution in [0.15, 0.2) is 35.2 Å². The van der Waals surface area contributed by atoms with Crippen LogP contribution in [0.5, 0.6) is 0 Å². The predicted octanol–water partition coefficient (Wildman–Crippen LogP) is 1.39. The Bertz CT molecular complexity index is 685. The van der Waals surface area contributed by atoms with Gasteiger partial charge in [-0.05, 0) is 31.5 Å². The zero-order valence-electron chi connectivity index (χ0n) is 14.8. The van der Waals surface area contributed by atoms with E-state index in [0.717, 1.165) is 32.5 Å². The first-order valence-electron chi connectivity index (χ1n) is 9.12. The lowest BCUT2D eigenvalue weighted by Crippen LogP contribution is -2.57. The van der Waals surface area contributed by atoms with Crippen molar-refractivity contribution in [1.29, 1.82) is 0 Å². The minimum Gasteiger partial charge on any atom is -0.339 e. The molecule has 0 saturated carbocycles. The summed E-state index contributed by atoms with van der Waals surface area (Å²) in [4.78, 5) is 17.5. The molecule has 138 valence electrons. The summed E-state index contributed by atoms with van der Waals surface area (Å²) in [6.45, 7) is 6.61. The summed E-state index contributed by atoms with van der Waals surface area (Å²) in [6.07, 6.45) is 2.31. The van der Waals surface area contributed by atoms with Gasteiger partial charge in [-0.2, -0.15) is 4.31 Å². The standard InChI is InChI=1S/C18H27N3O3S/c1-2-19-12-14-20(15-13-19)18(22)17-10-6-7-11-21(17)25(23,24)16-8-4-3-5-9-16/h3-5,8-9,17H,2,6-7,10-15H2,1H3. The molecule has 0 N–H and O–H groups in total. The van der Waals surface area contributed by atoms with Gasteiger partial charge in [-0.1, -0.05) is 31.5 Å². The van der Waals surface area contributed by atoms with Gasteiger partial charge in [0, 0.05) is 32.7 Å². The molecule has 2 aliphatic rings. The van der Waals surface area contributed by atoms with E-state index in [-0.39, 0.29) is 10.8 Å². The third-order valence-corrected chi connectivity index (χ3v) is 7.14. The Morgan fingerprint density at radius 2 is 1.72 bits per heavy atom. The van der Waals surface area contributed by atoms with Gasteiger partial charge in [-0.3, -0.25) is 4.79 Å². The summed E-state index contributed by atoms with van der Waals surface area (Å²) in [5, 5.41) is 0. The minimum atomic E-state index is -3.63. The number of nitrogens with zero attached hydrogens (tertiary/aromatic N) is 3. The predicted molar refractivity (Wildman–Crippen MR) is 96.7 cm³/mol. The highest BCUT2D eigenvalue weighted by atomic mass is 32.2. The lowest BCUT2D eigenvalue weighted by atomic mass is 10.0. The SMILES string of the molecule is CCN1CCN(C(=O)C2CCCCN2S(=O)(=O)c2ccccc2)CC1. The Morgan fingerprint density at radius 3 is 2.36 bits per heavy atom. The Balaban J connectivity index is 1.78. The van der Waals surface area contributed by atoms with Crippen LogP contribution in [0.4, 0.5) is 0 Å². The monoisotopic (exact) mass is 365 g/mol. The fraction of sp³-hybridized carbons (Fsp3) is 0.611.